The number of halogens is 1. The van der Waals surface area contributed by atoms with E-state index in [4.69, 9.17) is 11.6 Å². The largest absolute Gasteiger partial charge is 0.298 e. The molecule has 4 heteroatoms. The zero-order chi connectivity index (χ0) is 8.01. The summed E-state index contributed by atoms with van der Waals surface area (Å²) < 4.78 is 11.4. The lowest BCUT2D eigenvalue weighted by molar-refractivity contribution is -0.118. The third kappa shape index (κ3) is 1.05. The predicted octanol–water partition coefficient (Wildman–Crippen LogP) is 0.846. The van der Waals surface area contributed by atoms with E-state index in [1.165, 1.54) is 0 Å². The van der Waals surface area contributed by atoms with Crippen molar-refractivity contribution in [1.82, 2.24) is 0 Å². The fourth-order valence-corrected chi connectivity index (χ4v) is 4.29. The highest BCUT2D eigenvalue weighted by molar-refractivity contribution is 7.86. The SMILES string of the molecule is O=C1CC2CCC(C1Cl)S2=O. The summed E-state index contributed by atoms with van der Waals surface area (Å²) >= 11 is 5.81. The average Bonchev–Trinajstić information content (AvgIpc) is 2.23. The molecule has 0 amide bonds. The van der Waals surface area contributed by atoms with Crippen molar-refractivity contribution in [2.75, 3.05) is 0 Å². The smallest absolute Gasteiger partial charge is 0.153 e. The molecule has 2 aliphatic heterocycles. The second kappa shape index (κ2) is 2.56. The number of fused-ring (bicyclic) bond motifs is 2. The predicted molar refractivity (Wildman–Crippen MR) is 44.2 cm³/mol. The van der Waals surface area contributed by atoms with Gasteiger partial charge < -0.3 is 0 Å². The van der Waals surface area contributed by atoms with Crippen LogP contribution in [0.15, 0.2) is 0 Å². The Balaban J connectivity index is 2.29. The Morgan fingerprint density at radius 2 is 2.18 bits per heavy atom. The first-order valence-electron chi connectivity index (χ1n) is 3.76. The van der Waals surface area contributed by atoms with Crippen LogP contribution in [0, 0.1) is 0 Å². The summed E-state index contributed by atoms with van der Waals surface area (Å²) in [6, 6.07) is 0. The Labute approximate surface area is 72.8 Å². The van der Waals surface area contributed by atoms with Gasteiger partial charge in [-0.05, 0) is 12.8 Å². The van der Waals surface area contributed by atoms with Gasteiger partial charge in [-0.1, -0.05) is 0 Å². The van der Waals surface area contributed by atoms with Gasteiger partial charge in [0, 0.05) is 22.5 Å². The van der Waals surface area contributed by atoms with Gasteiger partial charge in [-0.2, -0.15) is 0 Å². The van der Waals surface area contributed by atoms with Crippen molar-refractivity contribution in [2.24, 2.45) is 0 Å². The van der Waals surface area contributed by atoms with Crippen molar-refractivity contribution >= 4 is 28.2 Å². The molecule has 0 aromatic carbocycles. The number of alkyl halides is 1. The maximum absolute atomic E-state index is 11.4. The number of rotatable bonds is 0. The summed E-state index contributed by atoms with van der Waals surface area (Å²) in [6.07, 6.45) is 2.24. The van der Waals surface area contributed by atoms with Crippen LogP contribution in [0.25, 0.3) is 0 Å². The molecule has 0 spiro atoms. The molecule has 2 fully saturated rings. The van der Waals surface area contributed by atoms with Crippen LogP contribution in [0.2, 0.25) is 0 Å². The summed E-state index contributed by atoms with van der Waals surface area (Å²) in [5.74, 6) is 0.0961. The van der Waals surface area contributed by atoms with Gasteiger partial charge >= 0.3 is 0 Å². The monoisotopic (exact) mass is 192 g/mol. The van der Waals surface area contributed by atoms with Gasteiger partial charge in [0.05, 0.1) is 5.25 Å². The molecule has 2 rings (SSSR count). The Kier molecular flexibility index (Phi) is 1.80. The molecule has 4 atom stereocenters. The second-order valence-corrected chi connectivity index (χ2v) is 5.54. The Bertz CT molecular complexity index is 228. The van der Waals surface area contributed by atoms with E-state index in [0.29, 0.717) is 6.42 Å². The maximum atomic E-state index is 11.4. The van der Waals surface area contributed by atoms with Gasteiger partial charge in [0.15, 0.2) is 5.78 Å². The Hall–Kier alpha value is 0.110. The fourth-order valence-electron chi connectivity index (χ4n) is 1.82. The van der Waals surface area contributed by atoms with Crippen LogP contribution in [0.3, 0.4) is 0 Å². The van der Waals surface area contributed by atoms with Gasteiger partial charge in [-0.25, -0.2) is 0 Å². The van der Waals surface area contributed by atoms with Gasteiger partial charge in [-0.3, -0.25) is 9.00 Å². The molecule has 0 N–H and O–H groups in total. The number of Topliss-reactive ketones (excluding diaryl/α,β-unsaturated/α-hetero) is 1. The molecule has 2 saturated heterocycles. The quantitative estimate of drug-likeness (QED) is 0.534. The molecule has 62 valence electrons. The number of hydrogen-bond acceptors (Lipinski definition) is 2. The average molecular weight is 193 g/mol. The lowest BCUT2D eigenvalue weighted by atomic mass is 10.2. The first kappa shape index (κ1) is 7.74. The highest BCUT2D eigenvalue weighted by atomic mass is 35.5. The van der Waals surface area contributed by atoms with Gasteiger partial charge in [0.2, 0.25) is 0 Å². The maximum Gasteiger partial charge on any atom is 0.153 e. The van der Waals surface area contributed by atoms with Crippen LogP contribution < -0.4 is 0 Å². The summed E-state index contributed by atoms with van der Waals surface area (Å²) in [7, 11) is -0.822. The van der Waals surface area contributed by atoms with Crippen molar-refractivity contribution in [3.63, 3.8) is 0 Å². The number of ketones is 1. The summed E-state index contributed by atoms with van der Waals surface area (Å²) in [6.45, 7) is 0. The Morgan fingerprint density at radius 1 is 1.45 bits per heavy atom. The van der Waals surface area contributed by atoms with Gasteiger partial charge in [-0.15, -0.1) is 11.6 Å². The van der Waals surface area contributed by atoms with Crippen LogP contribution in [0.4, 0.5) is 0 Å². The molecule has 4 unspecified atom stereocenters. The first-order valence-corrected chi connectivity index (χ1v) is 5.47. The fraction of sp³-hybridized carbons (Fsp3) is 0.857. The molecule has 2 bridgehead atoms. The van der Waals surface area contributed by atoms with E-state index >= 15 is 0 Å². The molecule has 2 aliphatic rings. The van der Waals surface area contributed by atoms with Crippen molar-refractivity contribution < 1.29 is 9.00 Å². The molecule has 0 aromatic rings. The zero-order valence-electron chi connectivity index (χ0n) is 5.96. The second-order valence-electron chi connectivity index (χ2n) is 3.14. The van der Waals surface area contributed by atoms with Crippen LogP contribution in [-0.4, -0.2) is 25.9 Å². The molecule has 0 aromatic heterocycles. The van der Waals surface area contributed by atoms with E-state index in [9.17, 15) is 9.00 Å². The molecular formula is C7H9ClO2S. The van der Waals surface area contributed by atoms with E-state index in [-0.39, 0.29) is 16.3 Å². The van der Waals surface area contributed by atoms with E-state index in [1.807, 2.05) is 0 Å². The minimum absolute atomic E-state index is 0.0390. The van der Waals surface area contributed by atoms with Crippen LogP contribution >= 0.6 is 11.6 Å². The zero-order valence-corrected chi connectivity index (χ0v) is 7.53. The van der Waals surface area contributed by atoms with Crippen LogP contribution in [0.5, 0.6) is 0 Å². The summed E-state index contributed by atoms with van der Waals surface area (Å²) in [5, 5.41) is -0.375. The number of carbonyl (C=O) groups excluding carboxylic acids is 1. The van der Waals surface area contributed by atoms with E-state index in [1.54, 1.807) is 0 Å². The third-order valence-corrected chi connectivity index (χ3v) is 5.32. The molecule has 0 aliphatic carbocycles. The highest BCUT2D eigenvalue weighted by Crippen LogP contribution is 2.36. The Morgan fingerprint density at radius 3 is 2.91 bits per heavy atom. The summed E-state index contributed by atoms with van der Waals surface area (Å²) in [5.41, 5.74) is 0. The molecule has 2 heterocycles. The van der Waals surface area contributed by atoms with Crippen molar-refractivity contribution in [3.8, 4) is 0 Å². The van der Waals surface area contributed by atoms with Gasteiger partial charge in [0.25, 0.3) is 0 Å². The number of hydrogen-bond donors (Lipinski definition) is 0. The molecule has 0 saturated carbocycles. The minimum Gasteiger partial charge on any atom is -0.298 e. The lowest BCUT2D eigenvalue weighted by Gasteiger charge is -2.21. The lowest BCUT2D eigenvalue weighted by Crippen LogP contribution is -2.38. The van der Waals surface area contributed by atoms with Crippen molar-refractivity contribution in [2.45, 2.75) is 35.1 Å². The first-order chi connectivity index (χ1) is 5.20. The van der Waals surface area contributed by atoms with E-state index in [2.05, 4.69) is 0 Å². The van der Waals surface area contributed by atoms with E-state index in [0.717, 1.165) is 12.8 Å². The summed E-state index contributed by atoms with van der Waals surface area (Å²) in [4.78, 5) is 11.1. The third-order valence-electron chi connectivity index (χ3n) is 2.46. The van der Waals surface area contributed by atoms with Crippen molar-refractivity contribution in [1.29, 1.82) is 0 Å². The van der Waals surface area contributed by atoms with E-state index < -0.39 is 16.2 Å². The molecule has 2 nitrogen and oxygen atoms in total. The molecule has 11 heavy (non-hydrogen) atoms. The molecular weight excluding hydrogens is 184 g/mol. The van der Waals surface area contributed by atoms with Crippen molar-refractivity contribution in [3.05, 3.63) is 0 Å². The highest BCUT2D eigenvalue weighted by Gasteiger charge is 2.45. The van der Waals surface area contributed by atoms with Crippen LogP contribution in [0.1, 0.15) is 19.3 Å². The van der Waals surface area contributed by atoms with Crippen LogP contribution in [-0.2, 0) is 15.6 Å². The van der Waals surface area contributed by atoms with Gasteiger partial charge in [0.1, 0.15) is 5.38 Å². The standard InChI is InChI=1S/C7H9ClO2S/c8-7-5(9)3-4-1-2-6(7)11(4)10/h4,6-7H,1-3H2. The number of carbonyl (C=O) groups is 1. The molecule has 0 radical (unpaired) electrons. The topological polar surface area (TPSA) is 34.1 Å². The normalized spacial score (nSPS) is 49.7. The minimum atomic E-state index is -0.822.